The molecule has 2 heteroatoms. The smallest absolute Gasteiger partial charge is 0.126 e. The minimum Gasteiger partial charge on any atom is -0.390 e. The molecule has 1 N–H and O–H groups in total. The number of alkyl halides is 1. The summed E-state index contributed by atoms with van der Waals surface area (Å²) in [7, 11) is 0. The van der Waals surface area contributed by atoms with Crippen molar-refractivity contribution >= 4 is 0 Å². The molecule has 0 saturated carbocycles. The van der Waals surface area contributed by atoms with Crippen molar-refractivity contribution in [3.8, 4) is 0 Å². The van der Waals surface area contributed by atoms with Crippen molar-refractivity contribution in [1.82, 2.24) is 0 Å². The Morgan fingerprint density at radius 1 is 1.60 bits per heavy atom. The van der Waals surface area contributed by atoms with Crippen molar-refractivity contribution < 1.29 is 9.50 Å². The van der Waals surface area contributed by atoms with Gasteiger partial charge >= 0.3 is 0 Å². The Morgan fingerprint density at radius 3 is 2.60 bits per heavy atom. The lowest BCUT2D eigenvalue weighted by Gasteiger charge is -2.12. The number of aliphatic hydroxyl groups excluding tert-OH is 1. The average molecular weight is 147 g/mol. The Labute approximate surface area is 62.3 Å². The first kappa shape index (κ1) is 9.89. The lowest BCUT2D eigenvalue weighted by atomic mass is 10.1. The second-order valence-electron chi connectivity index (χ2n) is 2.51. The van der Waals surface area contributed by atoms with Gasteiger partial charge in [0.2, 0.25) is 0 Å². The maximum atomic E-state index is 12.7. The maximum absolute atomic E-state index is 12.7. The van der Waals surface area contributed by atoms with Crippen LogP contribution in [0.3, 0.4) is 0 Å². The summed E-state index contributed by atoms with van der Waals surface area (Å²) in [6.45, 7) is 5.43. The molecule has 0 fully saturated rings. The normalized spacial score (nSPS) is 16.8. The van der Waals surface area contributed by atoms with E-state index in [2.05, 4.69) is 6.92 Å². The van der Waals surface area contributed by atoms with Crippen LogP contribution < -0.4 is 0 Å². The van der Waals surface area contributed by atoms with E-state index in [1.54, 1.807) is 0 Å². The molecule has 0 aliphatic heterocycles. The third kappa shape index (κ3) is 3.83. The van der Waals surface area contributed by atoms with Crippen LogP contribution in [-0.2, 0) is 0 Å². The van der Waals surface area contributed by atoms with Crippen LogP contribution in [0.2, 0.25) is 0 Å². The largest absolute Gasteiger partial charge is 0.390 e. The molecule has 61 valence electrons. The Hall–Kier alpha value is -0.110. The quantitative estimate of drug-likeness (QED) is 0.631. The van der Waals surface area contributed by atoms with Gasteiger partial charge in [0, 0.05) is 0 Å². The highest BCUT2D eigenvalue weighted by atomic mass is 19.1. The SMILES string of the molecule is [CH2]CC(O)C(F)CCCC. The molecule has 2 atom stereocenters. The van der Waals surface area contributed by atoms with Crippen molar-refractivity contribution in [2.24, 2.45) is 0 Å². The summed E-state index contributed by atoms with van der Waals surface area (Å²) in [4.78, 5) is 0. The number of aliphatic hydroxyl groups is 1. The highest BCUT2D eigenvalue weighted by Gasteiger charge is 2.14. The van der Waals surface area contributed by atoms with Crippen molar-refractivity contribution in [2.75, 3.05) is 0 Å². The van der Waals surface area contributed by atoms with Gasteiger partial charge in [-0.25, -0.2) is 4.39 Å². The van der Waals surface area contributed by atoms with Gasteiger partial charge in [-0.2, -0.15) is 0 Å². The fraction of sp³-hybridized carbons (Fsp3) is 0.875. The molecular formula is C8H16FO. The average Bonchev–Trinajstić information content (AvgIpc) is 1.98. The zero-order valence-electron chi connectivity index (χ0n) is 6.52. The van der Waals surface area contributed by atoms with Crippen LogP contribution in [0, 0.1) is 6.92 Å². The zero-order chi connectivity index (χ0) is 7.98. The fourth-order valence-corrected chi connectivity index (χ4v) is 0.772. The summed E-state index contributed by atoms with van der Waals surface area (Å²) < 4.78 is 12.7. The molecule has 0 bridgehead atoms. The first-order chi connectivity index (χ1) is 4.72. The second kappa shape index (κ2) is 5.66. The van der Waals surface area contributed by atoms with Crippen LogP contribution in [-0.4, -0.2) is 17.4 Å². The molecular weight excluding hydrogens is 131 g/mol. The summed E-state index contributed by atoms with van der Waals surface area (Å²) >= 11 is 0. The van der Waals surface area contributed by atoms with Crippen LogP contribution in [0.25, 0.3) is 0 Å². The Bertz CT molecular complexity index is 75.7. The molecule has 0 spiro atoms. The number of hydrogen-bond acceptors (Lipinski definition) is 1. The fourth-order valence-electron chi connectivity index (χ4n) is 0.772. The summed E-state index contributed by atoms with van der Waals surface area (Å²) in [5.74, 6) is 0. The summed E-state index contributed by atoms with van der Waals surface area (Å²) in [5.41, 5.74) is 0. The van der Waals surface area contributed by atoms with Gasteiger partial charge in [-0.1, -0.05) is 26.7 Å². The van der Waals surface area contributed by atoms with E-state index >= 15 is 0 Å². The molecule has 1 radical (unpaired) electrons. The molecule has 0 amide bonds. The van der Waals surface area contributed by atoms with Gasteiger partial charge in [0.05, 0.1) is 6.10 Å². The van der Waals surface area contributed by atoms with Crippen LogP contribution in [0.4, 0.5) is 4.39 Å². The Balaban J connectivity index is 3.31. The molecule has 0 aliphatic carbocycles. The predicted molar refractivity (Wildman–Crippen MR) is 40.4 cm³/mol. The molecule has 0 rings (SSSR count). The third-order valence-corrected chi connectivity index (χ3v) is 1.55. The monoisotopic (exact) mass is 147 g/mol. The number of rotatable bonds is 5. The van der Waals surface area contributed by atoms with E-state index in [1.807, 2.05) is 6.92 Å². The van der Waals surface area contributed by atoms with Crippen LogP contribution in [0.1, 0.15) is 32.6 Å². The van der Waals surface area contributed by atoms with Gasteiger partial charge in [-0.15, -0.1) is 0 Å². The lowest BCUT2D eigenvalue weighted by molar-refractivity contribution is 0.0733. The molecule has 0 aromatic heterocycles. The highest BCUT2D eigenvalue weighted by molar-refractivity contribution is 4.67. The molecule has 0 aromatic carbocycles. The van der Waals surface area contributed by atoms with E-state index in [9.17, 15) is 4.39 Å². The van der Waals surface area contributed by atoms with E-state index in [-0.39, 0.29) is 6.42 Å². The van der Waals surface area contributed by atoms with Crippen molar-refractivity contribution in [1.29, 1.82) is 0 Å². The predicted octanol–water partition coefficient (Wildman–Crippen LogP) is 2.10. The van der Waals surface area contributed by atoms with Crippen LogP contribution >= 0.6 is 0 Å². The first-order valence-corrected chi connectivity index (χ1v) is 3.83. The minimum absolute atomic E-state index is 0.269. The van der Waals surface area contributed by atoms with E-state index in [4.69, 9.17) is 5.11 Å². The number of halogens is 1. The van der Waals surface area contributed by atoms with Crippen LogP contribution in [0.5, 0.6) is 0 Å². The summed E-state index contributed by atoms with van der Waals surface area (Å²) in [5, 5.41) is 8.92. The third-order valence-electron chi connectivity index (χ3n) is 1.55. The molecule has 1 nitrogen and oxygen atoms in total. The van der Waals surface area contributed by atoms with Crippen molar-refractivity contribution in [2.45, 2.75) is 44.9 Å². The van der Waals surface area contributed by atoms with Crippen molar-refractivity contribution in [3.05, 3.63) is 6.92 Å². The molecule has 10 heavy (non-hydrogen) atoms. The molecule has 0 heterocycles. The number of hydrogen-bond donors (Lipinski definition) is 1. The molecule has 0 aliphatic rings. The van der Waals surface area contributed by atoms with Gasteiger partial charge in [-0.05, 0) is 12.8 Å². The second-order valence-corrected chi connectivity index (χ2v) is 2.51. The zero-order valence-corrected chi connectivity index (χ0v) is 6.52. The van der Waals surface area contributed by atoms with E-state index in [1.165, 1.54) is 0 Å². The maximum Gasteiger partial charge on any atom is 0.126 e. The minimum atomic E-state index is -1.07. The lowest BCUT2D eigenvalue weighted by Crippen LogP contribution is -2.20. The Morgan fingerprint density at radius 2 is 2.20 bits per heavy atom. The summed E-state index contributed by atoms with van der Waals surface area (Å²) in [6, 6.07) is 0. The molecule has 0 saturated heterocycles. The van der Waals surface area contributed by atoms with Gasteiger partial charge in [-0.3, -0.25) is 0 Å². The van der Waals surface area contributed by atoms with Gasteiger partial charge in [0.1, 0.15) is 6.17 Å². The van der Waals surface area contributed by atoms with E-state index in [0.717, 1.165) is 12.8 Å². The van der Waals surface area contributed by atoms with Gasteiger partial charge in [0.25, 0.3) is 0 Å². The van der Waals surface area contributed by atoms with Gasteiger partial charge in [0.15, 0.2) is 0 Å². The highest BCUT2D eigenvalue weighted by Crippen LogP contribution is 2.10. The summed E-state index contributed by atoms with van der Waals surface area (Å²) in [6.07, 6.45) is 0.629. The van der Waals surface area contributed by atoms with Crippen molar-refractivity contribution in [3.63, 3.8) is 0 Å². The molecule has 0 aromatic rings. The standard InChI is InChI=1S/C8H16FO/c1-3-5-6-7(9)8(10)4-2/h7-8,10H,2-6H2,1H3. The first-order valence-electron chi connectivity index (χ1n) is 3.83. The van der Waals surface area contributed by atoms with Crippen LogP contribution in [0.15, 0.2) is 0 Å². The Kier molecular flexibility index (Phi) is 5.60. The van der Waals surface area contributed by atoms with Gasteiger partial charge < -0.3 is 5.11 Å². The number of unbranched alkanes of at least 4 members (excludes halogenated alkanes) is 1. The van der Waals surface area contributed by atoms with E-state index < -0.39 is 12.3 Å². The van der Waals surface area contributed by atoms with E-state index in [0.29, 0.717) is 6.42 Å². The molecule has 2 unspecified atom stereocenters. The topological polar surface area (TPSA) is 20.2 Å².